The first-order valence-electron chi connectivity index (χ1n) is 4.13. The van der Waals surface area contributed by atoms with E-state index in [9.17, 15) is 4.39 Å². The number of hydrogen-bond donors (Lipinski definition) is 1. The van der Waals surface area contributed by atoms with Gasteiger partial charge in [0, 0.05) is 5.69 Å². The molecule has 1 N–H and O–H groups in total. The van der Waals surface area contributed by atoms with Crippen LogP contribution < -0.4 is 5.32 Å². The van der Waals surface area contributed by atoms with E-state index < -0.39 is 0 Å². The van der Waals surface area contributed by atoms with Crippen molar-refractivity contribution in [3.05, 3.63) is 29.6 Å². The zero-order valence-electron chi connectivity index (χ0n) is 7.82. The lowest BCUT2D eigenvalue weighted by atomic mass is 10.2. The van der Waals surface area contributed by atoms with E-state index in [1.807, 2.05) is 13.0 Å². The van der Waals surface area contributed by atoms with Crippen LogP contribution >= 0.6 is 0 Å². The fourth-order valence-corrected chi connectivity index (χ4v) is 1.07. The molecule has 1 aromatic rings. The molecule has 0 unspecified atom stereocenters. The first-order valence-corrected chi connectivity index (χ1v) is 4.13. The van der Waals surface area contributed by atoms with E-state index in [4.69, 9.17) is 0 Å². The van der Waals surface area contributed by atoms with Gasteiger partial charge in [-0.1, -0.05) is 5.92 Å². The van der Waals surface area contributed by atoms with Gasteiger partial charge in [0.1, 0.15) is 5.82 Å². The normalized spacial score (nSPS) is 8.85. The van der Waals surface area contributed by atoms with Gasteiger partial charge in [0.05, 0.1) is 6.54 Å². The van der Waals surface area contributed by atoms with E-state index in [1.165, 1.54) is 12.1 Å². The van der Waals surface area contributed by atoms with Crippen LogP contribution in [-0.2, 0) is 0 Å². The summed E-state index contributed by atoms with van der Waals surface area (Å²) in [6.45, 7) is 4.19. The molecule has 2 heteroatoms. The van der Waals surface area contributed by atoms with Gasteiger partial charge in [-0.3, -0.25) is 0 Å². The highest BCUT2D eigenvalue weighted by molar-refractivity contribution is 5.46. The molecular weight excluding hydrogens is 165 g/mol. The van der Waals surface area contributed by atoms with Crippen molar-refractivity contribution < 1.29 is 4.39 Å². The van der Waals surface area contributed by atoms with Gasteiger partial charge in [0.15, 0.2) is 0 Å². The molecule has 1 nitrogen and oxygen atoms in total. The Kier molecular flexibility index (Phi) is 3.33. The molecule has 0 saturated carbocycles. The second-order valence-corrected chi connectivity index (χ2v) is 2.80. The number of nitrogens with one attached hydrogen (secondary N) is 1. The van der Waals surface area contributed by atoms with E-state index in [0.29, 0.717) is 6.54 Å². The Balaban J connectivity index is 2.69. The molecule has 0 bridgehead atoms. The minimum absolute atomic E-state index is 0.216. The number of benzene rings is 1. The van der Waals surface area contributed by atoms with Crippen molar-refractivity contribution in [3.8, 4) is 11.8 Å². The van der Waals surface area contributed by atoms with Crippen LogP contribution in [0.15, 0.2) is 18.2 Å². The van der Waals surface area contributed by atoms with E-state index in [1.54, 1.807) is 6.92 Å². The third-order valence-corrected chi connectivity index (χ3v) is 1.60. The Labute approximate surface area is 78.0 Å². The summed E-state index contributed by atoms with van der Waals surface area (Å²) in [7, 11) is 0. The molecule has 0 aromatic heterocycles. The van der Waals surface area contributed by atoms with Crippen LogP contribution in [0.1, 0.15) is 12.5 Å². The Morgan fingerprint density at radius 1 is 1.38 bits per heavy atom. The van der Waals surface area contributed by atoms with Crippen molar-refractivity contribution in [2.24, 2.45) is 0 Å². The van der Waals surface area contributed by atoms with Crippen LogP contribution in [0.5, 0.6) is 0 Å². The van der Waals surface area contributed by atoms with Crippen molar-refractivity contribution in [3.63, 3.8) is 0 Å². The predicted molar refractivity (Wildman–Crippen MR) is 53.1 cm³/mol. The number of halogens is 1. The topological polar surface area (TPSA) is 12.0 Å². The molecule has 0 amide bonds. The van der Waals surface area contributed by atoms with Gasteiger partial charge in [0.25, 0.3) is 0 Å². The van der Waals surface area contributed by atoms with Crippen LogP contribution in [0.25, 0.3) is 0 Å². The third kappa shape index (κ3) is 3.16. The molecule has 1 rings (SSSR count). The van der Waals surface area contributed by atoms with Crippen LogP contribution in [-0.4, -0.2) is 6.54 Å². The smallest absolute Gasteiger partial charge is 0.125 e. The molecule has 0 radical (unpaired) electrons. The summed E-state index contributed by atoms with van der Waals surface area (Å²) in [6, 6.07) is 4.85. The summed E-state index contributed by atoms with van der Waals surface area (Å²) in [4.78, 5) is 0. The largest absolute Gasteiger partial charge is 0.374 e. The summed E-state index contributed by atoms with van der Waals surface area (Å²) in [6.07, 6.45) is 0. The molecule has 1 aromatic carbocycles. The summed E-state index contributed by atoms with van der Waals surface area (Å²) in [5.74, 6) is 5.40. The Hall–Kier alpha value is -1.49. The lowest BCUT2D eigenvalue weighted by Gasteiger charge is -2.03. The lowest BCUT2D eigenvalue weighted by Crippen LogP contribution is -1.99. The molecule has 0 fully saturated rings. The molecule has 68 valence electrons. The van der Waals surface area contributed by atoms with Crippen LogP contribution in [0, 0.1) is 24.6 Å². The highest BCUT2D eigenvalue weighted by Gasteiger charge is 1.95. The van der Waals surface area contributed by atoms with Gasteiger partial charge in [-0.25, -0.2) is 4.39 Å². The lowest BCUT2D eigenvalue weighted by molar-refractivity contribution is 0.627. The fourth-order valence-electron chi connectivity index (χ4n) is 1.07. The monoisotopic (exact) mass is 177 g/mol. The Morgan fingerprint density at radius 3 is 2.77 bits per heavy atom. The maximum absolute atomic E-state index is 12.9. The number of aryl methyl sites for hydroxylation is 1. The van der Waals surface area contributed by atoms with Gasteiger partial charge < -0.3 is 5.32 Å². The molecule has 0 aliphatic rings. The van der Waals surface area contributed by atoms with Gasteiger partial charge in [-0.2, -0.15) is 0 Å². The number of rotatable bonds is 2. The molecule has 0 aliphatic heterocycles. The molecular formula is C11H12FN. The van der Waals surface area contributed by atoms with Gasteiger partial charge >= 0.3 is 0 Å². The van der Waals surface area contributed by atoms with Crippen molar-refractivity contribution in [2.75, 3.05) is 11.9 Å². The minimum atomic E-state index is -0.216. The highest BCUT2D eigenvalue weighted by atomic mass is 19.1. The van der Waals surface area contributed by atoms with E-state index in [2.05, 4.69) is 17.2 Å². The second kappa shape index (κ2) is 4.51. The molecule has 0 spiro atoms. The molecule has 0 atom stereocenters. The summed E-state index contributed by atoms with van der Waals surface area (Å²) >= 11 is 0. The van der Waals surface area contributed by atoms with Crippen LogP contribution in [0.4, 0.5) is 10.1 Å². The van der Waals surface area contributed by atoms with Crippen LogP contribution in [0.3, 0.4) is 0 Å². The average Bonchev–Trinajstić information content (AvgIpc) is 2.03. The zero-order valence-corrected chi connectivity index (χ0v) is 7.82. The van der Waals surface area contributed by atoms with Crippen molar-refractivity contribution in [1.29, 1.82) is 0 Å². The Bertz CT molecular complexity index is 327. The van der Waals surface area contributed by atoms with E-state index in [-0.39, 0.29) is 5.82 Å². The molecule has 0 saturated heterocycles. The molecule has 0 aliphatic carbocycles. The van der Waals surface area contributed by atoms with Crippen molar-refractivity contribution in [1.82, 2.24) is 0 Å². The maximum atomic E-state index is 12.9. The minimum Gasteiger partial charge on any atom is -0.374 e. The van der Waals surface area contributed by atoms with Gasteiger partial charge in [-0.05, 0) is 37.6 Å². The summed E-state index contributed by atoms with van der Waals surface area (Å²) < 4.78 is 12.9. The summed E-state index contributed by atoms with van der Waals surface area (Å²) in [5.41, 5.74) is 1.69. The van der Waals surface area contributed by atoms with Crippen molar-refractivity contribution in [2.45, 2.75) is 13.8 Å². The quantitative estimate of drug-likeness (QED) is 0.684. The SMILES string of the molecule is CC#CCNc1cc(C)cc(F)c1. The average molecular weight is 177 g/mol. The summed E-state index contributed by atoms with van der Waals surface area (Å²) in [5, 5.41) is 3.01. The standard InChI is InChI=1S/C11H12FN/c1-3-4-5-13-11-7-9(2)6-10(12)8-11/h6-8,13H,5H2,1-2H3. The first-order chi connectivity index (χ1) is 6.22. The van der Waals surface area contributed by atoms with E-state index in [0.717, 1.165) is 11.3 Å². The highest BCUT2D eigenvalue weighted by Crippen LogP contribution is 2.12. The second-order valence-electron chi connectivity index (χ2n) is 2.80. The third-order valence-electron chi connectivity index (χ3n) is 1.60. The zero-order chi connectivity index (χ0) is 9.68. The fraction of sp³-hybridized carbons (Fsp3) is 0.273. The maximum Gasteiger partial charge on any atom is 0.125 e. The first kappa shape index (κ1) is 9.60. The number of hydrogen-bond acceptors (Lipinski definition) is 1. The molecule has 0 heterocycles. The Morgan fingerprint density at radius 2 is 2.15 bits per heavy atom. The number of anilines is 1. The van der Waals surface area contributed by atoms with Gasteiger partial charge in [0.2, 0.25) is 0 Å². The predicted octanol–water partition coefficient (Wildman–Crippen LogP) is 2.57. The molecule has 13 heavy (non-hydrogen) atoms. The van der Waals surface area contributed by atoms with E-state index >= 15 is 0 Å². The van der Waals surface area contributed by atoms with Crippen LogP contribution in [0.2, 0.25) is 0 Å². The van der Waals surface area contributed by atoms with Crippen molar-refractivity contribution >= 4 is 5.69 Å². The van der Waals surface area contributed by atoms with Gasteiger partial charge in [-0.15, -0.1) is 5.92 Å².